The number of hydrogen-bond donors (Lipinski definition) is 0. The number of rotatable bonds is 4. The van der Waals surface area contributed by atoms with Gasteiger partial charge in [0.25, 0.3) is 0 Å². The highest BCUT2D eigenvalue weighted by molar-refractivity contribution is 7.98. The normalized spacial score (nSPS) is 13.5. The van der Waals surface area contributed by atoms with Crippen molar-refractivity contribution in [2.75, 3.05) is 23.5 Å². The van der Waals surface area contributed by atoms with E-state index in [-0.39, 0.29) is 0 Å². The van der Waals surface area contributed by atoms with Crippen molar-refractivity contribution in [3.8, 4) is 0 Å². The molecular formula is C18H20ClNS. The molecule has 0 bridgehead atoms. The molecule has 0 N–H and O–H groups in total. The Morgan fingerprint density at radius 3 is 2.62 bits per heavy atom. The van der Waals surface area contributed by atoms with Crippen molar-refractivity contribution in [2.24, 2.45) is 0 Å². The SMILES string of the molecule is CSCCCN1c2ccccc2CCc2ccc(Cl)cc21. The Bertz CT molecular complexity index is 626. The van der Waals surface area contributed by atoms with Crippen LogP contribution >= 0.6 is 23.4 Å². The topological polar surface area (TPSA) is 3.24 Å². The molecule has 0 spiro atoms. The van der Waals surface area contributed by atoms with Crippen molar-refractivity contribution < 1.29 is 0 Å². The van der Waals surface area contributed by atoms with Crippen LogP contribution < -0.4 is 4.90 Å². The van der Waals surface area contributed by atoms with Gasteiger partial charge in [0, 0.05) is 22.9 Å². The molecule has 0 amide bonds. The predicted octanol–water partition coefficient (Wildman–Crippen LogP) is 5.33. The number of halogens is 1. The zero-order valence-electron chi connectivity index (χ0n) is 12.3. The highest BCUT2D eigenvalue weighted by Crippen LogP contribution is 2.37. The summed E-state index contributed by atoms with van der Waals surface area (Å²) < 4.78 is 0. The minimum Gasteiger partial charge on any atom is -0.341 e. The Labute approximate surface area is 136 Å². The third kappa shape index (κ3) is 3.22. The Morgan fingerprint density at radius 2 is 1.81 bits per heavy atom. The van der Waals surface area contributed by atoms with Crippen LogP contribution in [0.2, 0.25) is 5.02 Å². The van der Waals surface area contributed by atoms with E-state index in [4.69, 9.17) is 11.6 Å². The van der Waals surface area contributed by atoms with Crippen molar-refractivity contribution in [3.63, 3.8) is 0 Å². The Morgan fingerprint density at radius 1 is 1.05 bits per heavy atom. The van der Waals surface area contributed by atoms with Gasteiger partial charge in [-0.05, 0) is 60.6 Å². The first-order chi connectivity index (χ1) is 10.3. The standard InChI is InChI=1S/C18H20ClNS/c1-21-12-4-11-20-17-6-3-2-5-14(17)7-8-15-9-10-16(19)13-18(15)20/h2-3,5-6,9-10,13H,4,7-8,11-12H2,1H3. The maximum Gasteiger partial charge on any atom is 0.0458 e. The molecule has 1 aliphatic rings. The summed E-state index contributed by atoms with van der Waals surface area (Å²) in [4.78, 5) is 2.46. The largest absolute Gasteiger partial charge is 0.341 e. The van der Waals surface area contributed by atoms with Crippen LogP contribution in [0, 0.1) is 0 Å². The van der Waals surface area contributed by atoms with Gasteiger partial charge in [-0.15, -0.1) is 0 Å². The number of thioether (sulfide) groups is 1. The average Bonchev–Trinajstić information content (AvgIpc) is 2.65. The van der Waals surface area contributed by atoms with Gasteiger partial charge in [-0.2, -0.15) is 11.8 Å². The average molecular weight is 318 g/mol. The maximum absolute atomic E-state index is 6.25. The first kappa shape index (κ1) is 14.8. The second-order valence-electron chi connectivity index (χ2n) is 5.40. The van der Waals surface area contributed by atoms with Crippen molar-refractivity contribution in [1.82, 2.24) is 0 Å². The van der Waals surface area contributed by atoms with Crippen molar-refractivity contribution in [2.45, 2.75) is 19.3 Å². The zero-order chi connectivity index (χ0) is 14.7. The highest BCUT2D eigenvalue weighted by atomic mass is 35.5. The molecule has 0 fully saturated rings. The lowest BCUT2D eigenvalue weighted by molar-refractivity contribution is 0.892. The lowest BCUT2D eigenvalue weighted by atomic mass is 10.0. The molecule has 110 valence electrons. The highest BCUT2D eigenvalue weighted by Gasteiger charge is 2.20. The summed E-state index contributed by atoms with van der Waals surface area (Å²) in [6.07, 6.45) is 5.54. The van der Waals surface area contributed by atoms with E-state index in [1.165, 1.54) is 34.7 Å². The molecule has 0 unspecified atom stereocenters. The van der Waals surface area contributed by atoms with Gasteiger partial charge in [-0.3, -0.25) is 0 Å². The molecule has 0 aromatic heterocycles. The summed E-state index contributed by atoms with van der Waals surface area (Å²) >= 11 is 8.16. The molecule has 0 saturated carbocycles. The summed E-state index contributed by atoms with van der Waals surface area (Å²) in [5.41, 5.74) is 5.47. The number of fused-ring (bicyclic) bond motifs is 2. The van der Waals surface area contributed by atoms with E-state index in [2.05, 4.69) is 47.6 Å². The quantitative estimate of drug-likeness (QED) is 0.701. The van der Waals surface area contributed by atoms with Gasteiger partial charge in [0.05, 0.1) is 0 Å². The molecule has 1 heterocycles. The molecule has 3 heteroatoms. The van der Waals surface area contributed by atoms with E-state index in [1.54, 1.807) is 0 Å². The molecule has 0 aliphatic carbocycles. The molecule has 0 saturated heterocycles. The summed E-state index contributed by atoms with van der Waals surface area (Å²) in [7, 11) is 0. The lowest BCUT2D eigenvalue weighted by Crippen LogP contribution is -2.20. The van der Waals surface area contributed by atoms with E-state index < -0.39 is 0 Å². The van der Waals surface area contributed by atoms with Gasteiger partial charge in [0.15, 0.2) is 0 Å². The molecule has 2 aromatic rings. The van der Waals surface area contributed by atoms with E-state index in [9.17, 15) is 0 Å². The number of nitrogens with zero attached hydrogens (tertiary/aromatic N) is 1. The van der Waals surface area contributed by atoms with Crippen LogP contribution in [-0.2, 0) is 12.8 Å². The van der Waals surface area contributed by atoms with Crippen LogP contribution in [0.5, 0.6) is 0 Å². The maximum atomic E-state index is 6.25. The van der Waals surface area contributed by atoms with Gasteiger partial charge in [0.2, 0.25) is 0 Å². The smallest absolute Gasteiger partial charge is 0.0458 e. The summed E-state index contributed by atoms with van der Waals surface area (Å²) in [5, 5.41) is 0.822. The Kier molecular flexibility index (Phi) is 4.77. The van der Waals surface area contributed by atoms with Gasteiger partial charge in [-0.25, -0.2) is 0 Å². The molecule has 1 nitrogen and oxygen atoms in total. The van der Waals surface area contributed by atoms with Gasteiger partial charge in [-0.1, -0.05) is 35.9 Å². The second kappa shape index (κ2) is 6.76. The monoisotopic (exact) mass is 317 g/mol. The molecule has 0 atom stereocenters. The van der Waals surface area contributed by atoms with E-state index in [0.717, 1.165) is 24.4 Å². The fourth-order valence-corrected chi connectivity index (χ4v) is 3.58. The predicted molar refractivity (Wildman–Crippen MR) is 95.3 cm³/mol. The number of hydrogen-bond acceptors (Lipinski definition) is 2. The van der Waals surface area contributed by atoms with E-state index in [0.29, 0.717) is 0 Å². The first-order valence-electron chi connectivity index (χ1n) is 7.42. The van der Waals surface area contributed by atoms with E-state index >= 15 is 0 Å². The van der Waals surface area contributed by atoms with Gasteiger partial charge >= 0.3 is 0 Å². The molecule has 21 heavy (non-hydrogen) atoms. The van der Waals surface area contributed by atoms with Gasteiger partial charge < -0.3 is 4.90 Å². The zero-order valence-corrected chi connectivity index (χ0v) is 13.9. The minimum absolute atomic E-state index is 0.822. The minimum atomic E-state index is 0.822. The van der Waals surface area contributed by atoms with Crippen LogP contribution in [0.4, 0.5) is 11.4 Å². The third-order valence-electron chi connectivity index (χ3n) is 4.01. The van der Waals surface area contributed by atoms with Crippen LogP contribution in [0.15, 0.2) is 42.5 Å². The molecule has 1 aliphatic heterocycles. The summed E-state index contributed by atoms with van der Waals surface area (Å²) in [6, 6.07) is 15.1. The second-order valence-corrected chi connectivity index (χ2v) is 6.82. The number of para-hydroxylation sites is 1. The third-order valence-corrected chi connectivity index (χ3v) is 4.95. The summed E-state index contributed by atoms with van der Waals surface area (Å²) in [6.45, 7) is 1.05. The number of anilines is 2. The molecule has 3 rings (SSSR count). The first-order valence-corrected chi connectivity index (χ1v) is 9.19. The van der Waals surface area contributed by atoms with Crippen LogP contribution in [-0.4, -0.2) is 18.6 Å². The fraction of sp³-hybridized carbons (Fsp3) is 0.333. The van der Waals surface area contributed by atoms with Crippen LogP contribution in [0.25, 0.3) is 0 Å². The molecule has 2 aromatic carbocycles. The van der Waals surface area contributed by atoms with Crippen LogP contribution in [0.3, 0.4) is 0 Å². The Balaban J connectivity index is 2.03. The molecule has 0 radical (unpaired) electrons. The van der Waals surface area contributed by atoms with Crippen molar-refractivity contribution in [3.05, 3.63) is 58.6 Å². The summed E-state index contributed by atoms with van der Waals surface area (Å²) in [5.74, 6) is 1.19. The van der Waals surface area contributed by atoms with Crippen molar-refractivity contribution >= 4 is 34.7 Å². The number of aryl methyl sites for hydroxylation is 2. The van der Waals surface area contributed by atoms with Gasteiger partial charge in [0.1, 0.15) is 0 Å². The van der Waals surface area contributed by atoms with Crippen molar-refractivity contribution in [1.29, 1.82) is 0 Å². The molecular weight excluding hydrogens is 298 g/mol. The van der Waals surface area contributed by atoms with Crippen LogP contribution in [0.1, 0.15) is 17.5 Å². The number of benzene rings is 2. The van der Waals surface area contributed by atoms with E-state index in [1.807, 2.05) is 17.8 Å². The fourth-order valence-electron chi connectivity index (χ4n) is 2.99. The Hall–Kier alpha value is -1.12. The lowest BCUT2D eigenvalue weighted by Gasteiger charge is -2.27.